The van der Waals surface area contributed by atoms with Crippen LogP contribution in [-0.2, 0) is 23.5 Å². The van der Waals surface area contributed by atoms with E-state index in [-0.39, 0.29) is 10.8 Å². The summed E-state index contributed by atoms with van der Waals surface area (Å²) in [7, 11) is -1.69. The standard InChI is InChI=1S/C17H24N4O3S/c1-5-19-25(23,24)15-8-6-7-14(11-15)17(22)18-10-9-16-12(2)20-21(4)13(16)3/h6-8,11,19H,5,9-10H2,1-4H3,(H,18,22). The van der Waals surface area contributed by atoms with E-state index in [2.05, 4.69) is 15.1 Å². The van der Waals surface area contributed by atoms with Gasteiger partial charge in [-0.3, -0.25) is 9.48 Å². The number of nitrogens with zero attached hydrogens (tertiary/aromatic N) is 2. The minimum Gasteiger partial charge on any atom is -0.352 e. The van der Waals surface area contributed by atoms with E-state index in [0.717, 1.165) is 17.0 Å². The number of aromatic nitrogens is 2. The van der Waals surface area contributed by atoms with Crippen molar-refractivity contribution in [1.82, 2.24) is 19.8 Å². The molecule has 0 unspecified atom stereocenters. The van der Waals surface area contributed by atoms with E-state index >= 15 is 0 Å². The fourth-order valence-electron chi connectivity index (χ4n) is 2.66. The molecule has 2 aromatic rings. The fourth-order valence-corrected chi connectivity index (χ4v) is 3.75. The highest BCUT2D eigenvalue weighted by atomic mass is 32.2. The van der Waals surface area contributed by atoms with E-state index in [1.165, 1.54) is 12.1 Å². The summed E-state index contributed by atoms with van der Waals surface area (Å²) in [6.45, 7) is 6.39. The first-order valence-corrected chi connectivity index (χ1v) is 9.61. The molecule has 0 fully saturated rings. The SMILES string of the molecule is CCNS(=O)(=O)c1cccc(C(=O)NCCc2c(C)nn(C)c2C)c1. The molecule has 0 radical (unpaired) electrons. The normalized spacial score (nSPS) is 11.5. The van der Waals surface area contributed by atoms with Crippen molar-refractivity contribution in [3.63, 3.8) is 0 Å². The first-order chi connectivity index (χ1) is 11.8. The molecule has 0 aliphatic heterocycles. The van der Waals surface area contributed by atoms with E-state index in [1.807, 2.05) is 25.6 Å². The van der Waals surface area contributed by atoms with Crippen molar-refractivity contribution in [1.29, 1.82) is 0 Å². The van der Waals surface area contributed by atoms with Crippen LogP contribution in [0.1, 0.15) is 34.2 Å². The first kappa shape index (κ1) is 19.1. The molecule has 0 aliphatic carbocycles. The lowest BCUT2D eigenvalue weighted by Crippen LogP contribution is -2.27. The van der Waals surface area contributed by atoms with Crippen LogP contribution in [0.4, 0.5) is 0 Å². The summed E-state index contributed by atoms with van der Waals surface area (Å²) in [4.78, 5) is 12.4. The number of sulfonamides is 1. The highest BCUT2D eigenvalue weighted by Gasteiger charge is 2.15. The second-order valence-corrected chi connectivity index (χ2v) is 7.57. The average Bonchev–Trinajstić information content (AvgIpc) is 2.81. The molecule has 1 amide bonds. The van der Waals surface area contributed by atoms with E-state index < -0.39 is 10.0 Å². The molecule has 0 bridgehead atoms. The number of aryl methyl sites for hydroxylation is 2. The lowest BCUT2D eigenvalue weighted by molar-refractivity contribution is 0.0954. The Hall–Kier alpha value is -2.19. The summed E-state index contributed by atoms with van der Waals surface area (Å²) in [5.74, 6) is -0.298. The molecule has 1 heterocycles. The van der Waals surface area contributed by atoms with Gasteiger partial charge in [0.05, 0.1) is 10.6 Å². The molecule has 0 saturated carbocycles. The fraction of sp³-hybridized carbons (Fsp3) is 0.412. The smallest absolute Gasteiger partial charge is 0.251 e. The molecular formula is C17H24N4O3S. The third-order valence-corrected chi connectivity index (χ3v) is 5.60. The average molecular weight is 364 g/mol. The molecule has 0 saturated heterocycles. The Morgan fingerprint density at radius 2 is 2.00 bits per heavy atom. The number of amides is 1. The zero-order valence-corrected chi connectivity index (χ0v) is 15.8. The molecule has 0 aliphatic rings. The Labute approximate surface area is 148 Å². The molecular weight excluding hydrogens is 340 g/mol. The van der Waals surface area contributed by atoms with Crippen LogP contribution in [-0.4, -0.2) is 37.2 Å². The summed E-state index contributed by atoms with van der Waals surface area (Å²) >= 11 is 0. The Kier molecular flexibility index (Phi) is 5.97. The van der Waals surface area contributed by atoms with Crippen LogP contribution in [0.2, 0.25) is 0 Å². The molecule has 0 atom stereocenters. The number of hydrogen-bond donors (Lipinski definition) is 2. The number of hydrogen-bond acceptors (Lipinski definition) is 4. The van der Waals surface area contributed by atoms with Gasteiger partial charge in [0.1, 0.15) is 0 Å². The second-order valence-electron chi connectivity index (χ2n) is 5.81. The lowest BCUT2D eigenvalue weighted by Gasteiger charge is -2.08. The Balaban J connectivity index is 2.04. The molecule has 2 N–H and O–H groups in total. The van der Waals surface area contributed by atoms with Gasteiger partial charge in [-0.15, -0.1) is 0 Å². The van der Waals surface area contributed by atoms with Gasteiger partial charge in [0, 0.05) is 31.4 Å². The van der Waals surface area contributed by atoms with Crippen LogP contribution in [0.5, 0.6) is 0 Å². The van der Waals surface area contributed by atoms with Gasteiger partial charge in [-0.2, -0.15) is 5.10 Å². The molecule has 25 heavy (non-hydrogen) atoms. The Morgan fingerprint density at radius 1 is 1.28 bits per heavy atom. The number of nitrogens with one attached hydrogen (secondary N) is 2. The maximum absolute atomic E-state index is 12.3. The van der Waals surface area contributed by atoms with Crippen LogP contribution < -0.4 is 10.0 Å². The second kappa shape index (κ2) is 7.79. The number of carbonyl (C=O) groups is 1. The largest absolute Gasteiger partial charge is 0.352 e. The van der Waals surface area contributed by atoms with Crippen LogP contribution in [0.3, 0.4) is 0 Å². The molecule has 7 nitrogen and oxygen atoms in total. The van der Waals surface area contributed by atoms with Gasteiger partial charge in [0.15, 0.2) is 0 Å². The van der Waals surface area contributed by atoms with E-state index in [9.17, 15) is 13.2 Å². The zero-order valence-electron chi connectivity index (χ0n) is 15.0. The number of benzene rings is 1. The van der Waals surface area contributed by atoms with Crippen molar-refractivity contribution in [3.8, 4) is 0 Å². The first-order valence-electron chi connectivity index (χ1n) is 8.13. The Bertz CT molecular complexity index is 872. The van der Waals surface area contributed by atoms with Crippen molar-refractivity contribution >= 4 is 15.9 Å². The summed E-state index contributed by atoms with van der Waals surface area (Å²) in [5.41, 5.74) is 3.46. The monoisotopic (exact) mass is 364 g/mol. The van der Waals surface area contributed by atoms with Gasteiger partial charge in [-0.05, 0) is 44.0 Å². The maximum Gasteiger partial charge on any atom is 0.251 e. The predicted octanol–water partition coefficient (Wildman–Crippen LogP) is 1.31. The molecule has 1 aromatic heterocycles. The van der Waals surface area contributed by atoms with Crippen LogP contribution in [0, 0.1) is 13.8 Å². The minimum atomic E-state index is -3.58. The van der Waals surface area contributed by atoms with Gasteiger partial charge in [-0.1, -0.05) is 13.0 Å². The lowest BCUT2D eigenvalue weighted by atomic mass is 10.1. The highest BCUT2D eigenvalue weighted by molar-refractivity contribution is 7.89. The molecule has 136 valence electrons. The van der Waals surface area contributed by atoms with Crippen LogP contribution >= 0.6 is 0 Å². The van der Waals surface area contributed by atoms with Gasteiger partial charge in [0.2, 0.25) is 10.0 Å². The summed E-state index contributed by atoms with van der Waals surface area (Å²) in [5, 5.41) is 7.18. The third-order valence-electron chi connectivity index (χ3n) is 4.06. The summed E-state index contributed by atoms with van der Waals surface area (Å²) < 4.78 is 28.3. The predicted molar refractivity (Wildman–Crippen MR) is 96.0 cm³/mol. The minimum absolute atomic E-state index is 0.0842. The molecule has 2 rings (SSSR count). The van der Waals surface area contributed by atoms with Gasteiger partial charge >= 0.3 is 0 Å². The van der Waals surface area contributed by atoms with E-state index in [1.54, 1.807) is 19.1 Å². The van der Waals surface area contributed by atoms with Crippen LogP contribution in [0.15, 0.2) is 29.2 Å². The van der Waals surface area contributed by atoms with Gasteiger partial charge < -0.3 is 5.32 Å². The van der Waals surface area contributed by atoms with Crippen molar-refractivity contribution in [2.45, 2.75) is 32.1 Å². The van der Waals surface area contributed by atoms with Crippen LogP contribution in [0.25, 0.3) is 0 Å². The number of carbonyl (C=O) groups excluding carboxylic acids is 1. The van der Waals surface area contributed by atoms with Crippen molar-refractivity contribution < 1.29 is 13.2 Å². The highest BCUT2D eigenvalue weighted by Crippen LogP contribution is 2.13. The third kappa shape index (κ3) is 4.46. The van der Waals surface area contributed by atoms with Crippen molar-refractivity contribution in [3.05, 3.63) is 46.8 Å². The molecule has 8 heteroatoms. The quantitative estimate of drug-likeness (QED) is 0.775. The summed E-state index contributed by atoms with van der Waals surface area (Å²) in [6, 6.07) is 6.01. The maximum atomic E-state index is 12.3. The number of rotatable bonds is 7. The Morgan fingerprint density at radius 3 is 2.60 bits per heavy atom. The molecule has 1 aromatic carbocycles. The molecule has 0 spiro atoms. The summed E-state index contributed by atoms with van der Waals surface area (Å²) in [6.07, 6.45) is 0.673. The van der Waals surface area contributed by atoms with Crippen molar-refractivity contribution in [2.24, 2.45) is 7.05 Å². The van der Waals surface area contributed by atoms with Crippen molar-refractivity contribution in [2.75, 3.05) is 13.1 Å². The van der Waals surface area contributed by atoms with E-state index in [0.29, 0.717) is 25.1 Å². The topological polar surface area (TPSA) is 93.1 Å². The van der Waals surface area contributed by atoms with E-state index in [4.69, 9.17) is 0 Å². The van der Waals surface area contributed by atoms with Gasteiger partial charge in [-0.25, -0.2) is 13.1 Å². The zero-order chi connectivity index (χ0) is 18.6. The van der Waals surface area contributed by atoms with Gasteiger partial charge in [0.25, 0.3) is 5.91 Å².